The minimum atomic E-state index is -3.72. The maximum absolute atomic E-state index is 13.4. The normalized spacial score (nSPS) is 17.4. The molecule has 2 aliphatic rings. The number of halogens is 2. The van der Waals surface area contributed by atoms with E-state index in [1.54, 1.807) is 12.1 Å². The third-order valence-electron chi connectivity index (χ3n) is 6.75. The van der Waals surface area contributed by atoms with E-state index >= 15 is 0 Å². The van der Waals surface area contributed by atoms with E-state index in [1.165, 1.54) is 18.3 Å². The second-order valence-electron chi connectivity index (χ2n) is 10.1. The number of alkyl halides is 2. The Morgan fingerprint density at radius 2 is 1.89 bits per heavy atom. The number of amides is 1. The Morgan fingerprint density at radius 1 is 1.17 bits per heavy atom. The zero-order valence-corrected chi connectivity index (χ0v) is 19.7. The number of aliphatic hydroxyl groups excluding tert-OH is 1. The van der Waals surface area contributed by atoms with Gasteiger partial charge in [0.2, 0.25) is 5.91 Å². The fourth-order valence-electron chi connectivity index (χ4n) is 4.84. The highest BCUT2D eigenvalue weighted by molar-refractivity contribution is 6.09. The summed E-state index contributed by atoms with van der Waals surface area (Å²) in [5.41, 5.74) is 2.49. The molecule has 0 saturated heterocycles. The van der Waals surface area contributed by atoms with Crippen molar-refractivity contribution < 1.29 is 28.2 Å². The third-order valence-corrected chi connectivity index (χ3v) is 6.75. The topological polar surface area (TPSA) is 96.6 Å². The molecule has 0 spiro atoms. The molecule has 7 nitrogen and oxygen atoms in total. The van der Waals surface area contributed by atoms with Crippen LogP contribution < -0.4 is 14.8 Å². The van der Waals surface area contributed by atoms with Gasteiger partial charge in [-0.25, -0.2) is 0 Å². The molecule has 5 rings (SSSR count). The fourth-order valence-corrected chi connectivity index (χ4v) is 4.84. The second-order valence-corrected chi connectivity index (χ2v) is 10.1. The lowest BCUT2D eigenvalue weighted by atomic mass is 9.91. The number of carbonyl (C=O) groups excluding carboxylic acids is 1. The predicted molar refractivity (Wildman–Crippen MR) is 128 cm³/mol. The highest BCUT2D eigenvalue weighted by atomic mass is 19.3. The Bertz CT molecular complexity index is 1350. The first-order chi connectivity index (χ1) is 16.5. The molecule has 0 bridgehead atoms. The van der Waals surface area contributed by atoms with Crippen LogP contribution in [0.3, 0.4) is 0 Å². The van der Waals surface area contributed by atoms with Crippen LogP contribution in [0, 0.1) is 5.41 Å². The summed E-state index contributed by atoms with van der Waals surface area (Å²) in [4.78, 5) is 13.4. The number of nitrogens with one attached hydrogen (secondary N) is 2. The molecular weight excluding hydrogens is 456 g/mol. The monoisotopic (exact) mass is 483 g/mol. The number of benzene rings is 2. The largest absolute Gasteiger partial charge is 0.586 e. The average molecular weight is 484 g/mol. The van der Waals surface area contributed by atoms with Crippen molar-refractivity contribution >= 4 is 28.7 Å². The number of hydrogen-bond donors (Lipinski definition) is 3. The highest BCUT2D eigenvalue weighted by Crippen LogP contribution is 2.52. The third kappa shape index (κ3) is 3.83. The molecule has 3 N–H and O–H groups in total. The molecule has 184 valence electrons. The Morgan fingerprint density at radius 3 is 2.51 bits per heavy atom. The van der Waals surface area contributed by atoms with Crippen molar-refractivity contribution in [3.63, 3.8) is 0 Å². The summed E-state index contributed by atoms with van der Waals surface area (Å²) < 4.78 is 37.9. The zero-order chi connectivity index (χ0) is 25.2. The van der Waals surface area contributed by atoms with E-state index in [1.807, 2.05) is 16.7 Å². The van der Waals surface area contributed by atoms with Gasteiger partial charge in [0.15, 0.2) is 11.5 Å². The van der Waals surface area contributed by atoms with Crippen LogP contribution in [0.25, 0.3) is 10.9 Å². The maximum Gasteiger partial charge on any atom is 0.586 e. The molecule has 1 aliphatic carbocycles. The summed E-state index contributed by atoms with van der Waals surface area (Å²) in [6.07, 6.45) is -1.36. The quantitative estimate of drug-likeness (QED) is 0.434. The Hall–Kier alpha value is -3.46. The molecule has 3 aromatic rings. The van der Waals surface area contributed by atoms with E-state index < -0.39 is 11.7 Å². The first-order valence-electron chi connectivity index (χ1n) is 11.5. The molecule has 0 atom stereocenters. The standard InChI is InChI=1S/C26H27F2N3O4/c1-24(2,3)22-13-16-17(14-29)18(5-6-19(16)31(22)10-11-32)30-23(33)25(8-9-25)15-4-7-20-21(12-15)35-26(27,28)34-20/h4-7,12-14,29,32H,8-11H2,1-3H3,(H,30,33). The first-order valence-corrected chi connectivity index (χ1v) is 11.5. The van der Waals surface area contributed by atoms with E-state index in [9.17, 15) is 18.7 Å². The molecule has 1 aliphatic heterocycles. The molecule has 2 aromatic carbocycles. The summed E-state index contributed by atoms with van der Waals surface area (Å²) in [6, 6.07) is 10.1. The van der Waals surface area contributed by atoms with E-state index in [0.717, 1.165) is 16.6 Å². The van der Waals surface area contributed by atoms with Gasteiger partial charge < -0.3 is 29.9 Å². The van der Waals surface area contributed by atoms with E-state index in [2.05, 4.69) is 35.6 Å². The maximum atomic E-state index is 13.4. The van der Waals surface area contributed by atoms with Crippen LogP contribution in [-0.4, -0.2) is 34.7 Å². The Balaban J connectivity index is 1.49. The van der Waals surface area contributed by atoms with Crippen molar-refractivity contribution in [1.29, 1.82) is 5.41 Å². The summed E-state index contributed by atoms with van der Waals surface area (Å²) in [7, 11) is 0. The first kappa shape index (κ1) is 23.3. The van der Waals surface area contributed by atoms with E-state index in [4.69, 9.17) is 5.41 Å². The number of anilines is 1. The van der Waals surface area contributed by atoms with Gasteiger partial charge >= 0.3 is 6.29 Å². The lowest BCUT2D eigenvalue weighted by Crippen LogP contribution is -2.28. The van der Waals surface area contributed by atoms with Gasteiger partial charge in [-0.05, 0) is 48.7 Å². The number of carbonyl (C=O) groups is 1. The minimum Gasteiger partial charge on any atom is -0.395 e. The number of fused-ring (bicyclic) bond motifs is 2. The van der Waals surface area contributed by atoms with Crippen LogP contribution in [0.2, 0.25) is 0 Å². The van der Waals surface area contributed by atoms with Crippen molar-refractivity contribution in [2.24, 2.45) is 0 Å². The Kier molecular flexibility index (Phi) is 5.17. The van der Waals surface area contributed by atoms with Crippen molar-refractivity contribution in [2.75, 3.05) is 11.9 Å². The number of aliphatic hydroxyl groups is 1. The van der Waals surface area contributed by atoms with Crippen LogP contribution in [0.1, 0.15) is 50.4 Å². The van der Waals surface area contributed by atoms with Crippen LogP contribution >= 0.6 is 0 Å². The van der Waals surface area contributed by atoms with Gasteiger partial charge in [-0.2, -0.15) is 0 Å². The van der Waals surface area contributed by atoms with Crippen LogP contribution in [0.15, 0.2) is 36.4 Å². The van der Waals surface area contributed by atoms with Crippen molar-refractivity contribution in [2.45, 2.75) is 57.3 Å². The lowest BCUT2D eigenvalue weighted by Gasteiger charge is -2.21. The van der Waals surface area contributed by atoms with Gasteiger partial charge in [0.05, 0.1) is 17.7 Å². The summed E-state index contributed by atoms with van der Waals surface area (Å²) in [6.45, 7) is 6.65. The molecule has 1 aromatic heterocycles. The summed E-state index contributed by atoms with van der Waals surface area (Å²) >= 11 is 0. The molecule has 1 fully saturated rings. The smallest absolute Gasteiger partial charge is 0.395 e. The van der Waals surface area contributed by atoms with Crippen molar-refractivity contribution in [3.8, 4) is 11.5 Å². The van der Waals surface area contributed by atoms with Gasteiger partial charge in [0, 0.05) is 40.3 Å². The van der Waals surface area contributed by atoms with Crippen molar-refractivity contribution in [3.05, 3.63) is 53.2 Å². The molecule has 2 heterocycles. The molecular formula is C26H27F2N3O4. The van der Waals surface area contributed by atoms with Gasteiger partial charge in [-0.1, -0.05) is 26.8 Å². The van der Waals surface area contributed by atoms with Crippen molar-refractivity contribution in [1.82, 2.24) is 4.57 Å². The van der Waals surface area contributed by atoms with Gasteiger partial charge in [0.25, 0.3) is 0 Å². The zero-order valence-electron chi connectivity index (χ0n) is 19.7. The van der Waals surface area contributed by atoms with Crippen LogP contribution in [0.4, 0.5) is 14.5 Å². The van der Waals surface area contributed by atoms with Gasteiger partial charge in [-0.15, -0.1) is 8.78 Å². The molecule has 0 unspecified atom stereocenters. The fraction of sp³-hybridized carbons (Fsp3) is 0.385. The van der Waals surface area contributed by atoms with E-state index in [-0.39, 0.29) is 29.4 Å². The van der Waals surface area contributed by atoms with Crippen LogP contribution in [0.5, 0.6) is 11.5 Å². The molecule has 35 heavy (non-hydrogen) atoms. The SMILES string of the molecule is CC(C)(C)c1cc2c(C=N)c(NC(=O)C3(c4ccc5c(c4)OC(F)(F)O5)CC3)ccc2n1CCO. The van der Waals surface area contributed by atoms with Gasteiger partial charge in [0.1, 0.15) is 0 Å². The molecule has 1 amide bonds. The molecule has 0 radical (unpaired) electrons. The minimum absolute atomic E-state index is 0.0186. The Labute approximate surface area is 201 Å². The van der Waals surface area contributed by atoms with Crippen LogP contribution in [-0.2, 0) is 22.2 Å². The summed E-state index contributed by atoms with van der Waals surface area (Å²) in [5, 5.41) is 21.4. The molecule has 1 saturated carbocycles. The average Bonchev–Trinajstić information content (AvgIpc) is 3.42. The number of rotatable bonds is 6. The highest BCUT2D eigenvalue weighted by Gasteiger charge is 2.53. The number of ether oxygens (including phenoxy) is 2. The number of nitrogens with zero attached hydrogens (tertiary/aromatic N) is 1. The predicted octanol–water partition coefficient (Wildman–Crippen LogP) is 4.92. The molecule has 9 heteroatoms. The van der Waals surface area contributed by atoms with Gasteiger partial charge in [-0.3, -0.25) is 4.79 Å². The van der Waals surface area contributed by atoms with E-state index in [0.29, 0.717) is 36.2 Å². The number of aromatic nitrogens is 1. The second kappa shape index (κ2) is 7.78. The number of hydrogen-bond acceptors (Lipinski definition) is 5. The lowest BCUT2D eigenvalue weighted by molar-refractivity contribution is -0.286. The summed E-state index contributed by atoms with van der Waals surface area (Å²) in [5.74, 6) is -0.418.